The second-order valence-corrected chi connectivity index (χ2v) is 6.76. The molecule has 0 bridgehead atoms. The number of amides is 1. The number of rotatable bonds is 4. The number of aromatic amines is 1. The molecule has 0 radical (unpaired) electrons. The third-order valence-corrected chi connectivity index (χ3v) is 5.07. The smallest absolute Gasteiger partial charge is 0.233 e. The van der Waals surface area contributed by atoms with E-state index in [2.05, 4.69) is 34.3 Å². The zero-order valence-corrected chi connectivity index (χ0v) is 12.5. The summed E-state index contributed by atoms with van der Waals surface area (Å²) in [6.07, 6.45) is 5.03. The Hall–Kier alpha value is -1.04. The molecule has 0 aromatic carbocycles. The van der Waals surface area contributed by atoms with Crippen molar-refractivity contribution >= 4 is 17.7 Å². The number of hydrogen-bond acceptors (Lipinski definition) is 4. The first-order chi connectivity index (χ1) is 9.08. The van der Waals surface area contributed by atoms with Gasteiger partial charge in [-0.2, -0.15) is 5.10 Å². The molecule has 5 nitrogen and oxygen atoms in total. The Bertz CT molecular complexity index is 409. The number of H-pyrrole nitrogens is 1. The molecule has 1 aromatic heterocycles. The first-order valence-corrected chi connectivity index (χ1v) is 7.78. The summed E-state index contributed by atoms with van der Waals surface area (Å²) in [4.78, 5) is 16.2. The number of carbonyl (C=O) groups is 1. The van der Waals surface area contributed by atoms with E-state index >= 15 is 0 Å². The maximum Gasteiger partial charge on any atom is 0.233 e. The van der Waals surface area contributed by atoms with E-state index in [-0.39, 0.29) is 11.2 Å². The summed E-state index contributed by atoms with van der Waals surface area (Å²) < 4.78 is 0. The number of nitrogens with zero attached hydrogens (tertiary/aromatic N) is 2. The molecule has 0 spiro atoms. The zero-order valence-electron chi connectivity index (χ0n) is 11.7. The number of nitrogens with one attached hydrogen (secondary N) is 2. The lowest BCUT2D eigenvalue weighted by molar-refractivity contribution is -0.121. The Morgan fingerprint density at radius 2 is 2.32 bits per heavy atom. The summed E-state index contributed by atoms with van der Waals surface area (Å²) in [5.74, 6) is 1.34. The third kappa shape index (κ3) is 3.72. The quantitative estimate of drug-likeness (QED) is 0.831. The Kier molecular flexibility index (Phi) is 4.85. The average molecular weight is 282 g/mol. The van der Waals surface area contributed by atoms with Gasteiger partial charge in [0.25, 0.3) is 0 Å². The van der Waals surface area contributed by atoms with Crippen LogP contribution in [0.25, 0.3) is 0 Å². The summed E-state index contributed by atoms with van der Waals surface area (Å²) in [5, 5.41) is 10.3. The van der Waals surface area contributed by atoms with Crippen LogP contribution in [0.5, 0.6) is 0 Å². The van der Waals surface area contributed by atoms with Crippen LogP contribution in [0.15, 0.2) is 11.5 Å². The molecular weight excluding hydrogens is 260 g/mol. The fraction of sp³-hybridized carbons (Fsp3) is 0.769. The normalized spacial score (nSPS) is 28.9. The van der Waals surface area contributed by atoms with Crippen molar-refractivity contribution in [2.24, 2.45) is 11.8 Å². The standard InChI is InChI=1S/C13H22N4OS/c1-8-5-4-6-11(9(8)2)16-12(18)10(3)19-13-14-7-15-17-13/h7-11H,4-6H2,1-3H3,(H,16,18)(H,14,15,17)/t8-,9+,10+,11+/m0/s1. The highest BCUT2D eigenvalue weighted by molar-refractivity contribution is 8.00. The summed E-state index contributed by atoms with van der Waals surface area (Å²) >= 11 is 1.41. The second-order valence-electron chi connectivity index (χ2n) is 5.43. The molecule has 6 heteroatoms. The van der Waals surface area contributed by atoms with Crippen molar-refractivity contribution in [3.8, 4) is 0 Å². The average Bonchev–Trinajstić information content (AvgIpc) is 2.87. The van der Waals surface area contributed by atoms with E-state index in [0.717, 1.165) is 6.42 Å². The molecule has 0 aliphatic heterocycles. The molecule has 2 rings (SSSR count). The van der Waals surface area contributed by atoms with Crippen molar-refractivity contribution < 1.29 is 4.79 Å². The van der Waals surface area contributed by atoms with Gasteiger partial charge in [-0.3, -0.25) is 9.89 Å². The molecule has 1 saturated carbocycles. The maximum absolute atomic E-state index is 12.2. The van der Waals surface area contributed by atoms with Crippen molar-refractivity contribution in [2.45, 2.75) is 56.5 Å². The van der Waals surface area contributed by atoms with Gasteiger partial charge in [-0.25, -0.2) is 4.98 Å². The van der Waals surface area contributed by atoms with Gasteiger partial charge >= 0.3 is 0 Å². The first-order valence-electron chi connectivity index (χ1n) is 6.90. The molecule has 1 aliphatic carbocycles. The van der Waals surface area contributed by atoms with Gasteiger partial charge in [-0.15, -0.1) is 0 Å². The Morgan fingerprint density at radius 3 is 3.00 bits per heavy atom. The minimum Gasteiger partial charge on any atom is -0.352 e. The van der Waals surface area contributed by atoms with Gasteiger partial charge in [0.15, 0.2) is 5.16 Å². The number of aromatic nitrogens is 3. The largest absolute Gasteiger partial charge is 0.352 e. The monoisotopic (exact) mass is 282 g/mol. The first kappa shape index (κ1) is 14.4. The summed E-state index contributed by atoms with van der Waals surface area (Å²) in [5.41, 5.74) is 0. The van der Waals surface area contributed by atoms with E-state index in [1.807, 2.05) is 6.92 Å². The van der Waals surface area contributed by atoms with Crippen LogP contribution in [-0.2, 0) is 4.79 Å². The highest BCUT2D eigenvalue weighted by Crippen LogP contribution is 2.30. The van der Waals surface area contributed by atoms with Gasteiger partial charge in [-0.1, -0.05) is 38.5 Å². The second kappa shape index (κ2) is 6.41. The van der Waals surface area contributed by atoms with Crippen molar-refractivity contribution in [3.05, 3.63) is 6.33 Å². The molecule has 1 amide bonds. The molecule has 4 atom stereocenters. The van der Waals surface area contributed by atoms with Crippen LogP contribution >= 0.6 is 11.8 Å². The van der Waals surface area contributed by atoms with Gasteiger partial charge in [0.05, 0.1) is 5.25 Å². The van der Waals surface area contributed by atoms with E-state index in [1.165, 1.54) is 30.9 Å². The molecule has 1 heterocycles. The Labute approximate surface area is 118 Å². The summed E-state index contributed by atoms with van der Waals surface area (Å²) in [6, 6.07) is 0.314. The van der Waals surface area contributed by atoms with Crippen LogP contribution in [0.3, 0.4) is 0 Å². The number of hydrogen-bond donors (Lipinski definition) is 2. The highest BCUT2D eigenvalue weighted by atomic mass is 32.2. The summed E-state index contributed by atoms with van der Waals surface area (Å²) in [7, 11) is 0. The van der Waals surface area contributed by atoms with Crippen LogP contribution in [0, 0.1) is 11.8 Å². The van der Waals surface area contributed by atoms with Gasteiger partial charge in [0, 0.05) is 6.04 Å². The lowest BCUT2D eigenvalue weighted by Gasteiger charge is -2.35. The van der Waals surface area contributed by atoms with Gasteiger partial charge in [0.1, 0.15) is 6.33 Å². The Balaban J connectivity index is 1.86. The number of thioether (sulfide) groups is 1. The van der Waals surface area contributed by atoms with Gasteiger partial charge in [-0.05, 0) is 25.2 Å². The molecule has 1 aromatic rings. The third-order valence-electron chi connectivity index (χ3n) is 4.09. The fourth-order valence-electron chi connectivity index (χ4n) is 2.56. The topological polar surface area (TPSA) is 70.7 Å². The minimum absolute atomic E-state index is 0.0901. The maximum atomic E-state index is 12.2. The predicted octanol–water partition coefficient (Wildman–Crippen LogP) is 2.23. The molecule has 0 unspecified atom stereocenters. The molecule has 1 fully saturated rings. The van der Waals surface area contributed by atoms with Crippen molar-refractivity contribution in [3.63, 3.8) is 0 Å². The van der Waals surface area contributed by atoms with E-state index < -0.39 is 0 Å². The van der Waals surface area contributed by atoms with Crippen LogP contribution in [-0.4, -0.2) is 32.4 Å². The van der Waals surface area contributed by atoms with Gasteiger partial charge in [0.2, 0.25) is 5.91 Å². The van der Waals surface area contributed by atoms with E-state index in [0.29, 0.717) is 23.0 Å². The fourth-order valence-corrected chi connectivity index (χ4v) is 3.28. The SMILES string of the molecule is C[C@@H]1[C@@H](C)CCC[C@H]1NC(=O)[C@@H](C)Sc1ncn[nH]1. The van der Waals surface area contributed by atoms with E-state index in [1.54, 1.807) is 0 Å². The van der Waals surface area contributed by atoms with Crippen LogP contribution in [0.2, 0.25) is 0 Å². The predicted molar refractivity (Wildman–Crippen MR) is 75.8 cm³/mol. The molecule has 1 aliphatic rings. The van der Waals surface area contributed by atoms with Crippen molar-refractivity contribution in [2.75, 3.05) is 0 Å². The highest BCUT2D eigenvalue weighted by Gasteiger charge is 2.29. The molecule has 0 saturated heterocycles. The number of carbonyl (C=O) groups excluding carboxylic acids is 1. The molecule has 19 heavy (non-hydrogen) atoms. The van der Waals surface area contributed by atoms with Crippen LogP contribution in [0.1, 0.15) is 40.0 Å². The molecule has 106 valence electrons. The summed E-state index contributed by atoms with van der Waals surface area (Å²) in [6.45, 7) is 6.41. The van der Waals surface area contributed by atoms with E-state index in [9.17, 15) is 4.79 Å². The lowest BCUT2D eigenvalue weighted by Crippen LogP contribution is -2.46. The van der Waals surface area contributed by atoms with Crippen LogP contribution in [0.4, 0.5) is 0 Å². The minimum atomic E-state index is -0.155. The van der Waals surface area contributed by atoms with Crippen molar-refractivity contribution in [1.29, 1.82) is 0 Å². The van der Waals surface area contributed by atoms with Crippen molar-refractivity contribution in [1.82, 2.24) is 20.5 Å². The lowest BCUT2D eigenvalue weighted by atomic mass is 9.78. The van der Waals surface area contributed by atoms with Gasteiger partial charge < -0.3 is 5.32 Å². The molecule has 2 N–H and O–H groups in total. The van der Waals surface area contributed by atoms with E-state index in [4.69, 9.17) is 0 Å². The molecular formula is C13H22N4OS. The Morgan fingerprint density at radius 1 is 1.53 bits per heavy atom. The zero-order chi connectivity index (χ0) is 13.8. The van der Waals surface area contributed by atoms with Crippen LogP contribution < -0.4 is 5.32 Å².